The average Bonchev–Trinajstić information content (AvgIpc) is 3.01. The molecule has 0 bridgehead atoms. The number of anilines is 3. The zero-order valence-electron chi connectivity index (χ0n) is 24.9. The van der Waals surface area contributed by atoms with Crippen LogP contribution in [0.15, 0.2) is 81.6 Å². The maximum absolute atomic E-state index is 14.6. The Morgan fingerprint density at radius 2 is 1.53 bits per heavy atom. The molecule has 3 heterocycles. The van der Waals surface area contributed by atoms with Crippen LogP contribution in [0.4, 0.5) is 21.9 Å². The van der Waals surface area contributed by atoms with Crippen LogP contribution in [0.1, 0.15) is 23.9 Å². The second-order valence-corrected chi connectivity index (χ2v) is 12.0. The highest BCUT2D eigenvalue weighted by molar-refractivity contribution is 7.99. The largest absolute Gasteiger partial charge is 0.331 e. The number of hydrogen-bond donors (Lipinski definition) is 1. The summed E-state index contributed by atoms with van der Waals surface area (Å²) in [5.41, 5.74) is 5.70. The summed E-state index contributed by atoms with van der Waals surface area (Å²) in [6.45, 7) is 5.90. The number of urea groups is 1. The summed E-state index contributed by atoms with van der Waals surface area (Å²) in [7, 11) is 1.71. The molecule has 0 atom stereocenters. The molecule has 2 amide bonds. The first-order chi connectivity index (χ1) is 20.7. The van der Waals surface area contributed by atoms with Crippen LogP contribution < -0.4 is 15.8 Å². The fourth-order valence-corrected chi connectivity index (χ4v) is 6.52. The van der Waals surface area contributed by atoms with Crippen LogP contribution in [-0.2, 0) is 13.5 Å². The Morgan fingerprint density at radius 3 is 2.09 bits per heavy atom. The van der Waals surface area contributed by atoms with Crippen LogP contribution in [0.2, 0.25) is 5.02 Å². The molecule has 220 valence electrons. The molecule has 0 radical (unpaired) electrons. The standard InChI is InChI=1S/C33H32ClN5O2S2/c1-7-21-14-17-25-23(18-21)28(22-10-8-9-11-24(22)34)29(32(40)38(25)4)37-33(41)39(26-15-12-19(2)35-30(26)42-5)27-16-13-20(3)36-31(27)43-6/h8-18H,7H2,1-6H3,(H,37,41). The summed E-state index contributed by atoms with van der Waals surface area (Å²) in [6, 6.07) is 20.4. The SMILES string of the molecule is CCc1ccc2c(c1)c(-c1ccccc1Cl)c(NC(=O)N(c1ccc(C)nc1SC)c1ccc(C)nc1SC)c(=O)n2C. The fraction of sp³-hybridized carbons (Fsp3) is 0.212. The van der Waals surface area contributed by atoms with Gasteiger partial charge in [0.15, 0.2) is 0 Å². The molecule has 43 heavy (non-hydrogen) atoms. The monoisotopic (exact) mass is 629 g/mol. The van der Waals surface area contributed by atoms with Gasteiger partial charge in [0, 0.05) is 40.0 Å². The van der Waals surface area contributed by atoms with Crippen LogP contribution in [0.5, 0.6) is 0 Å². The number of carbonyl (C=O) groups excluding carboxylic acids is 1. The number of carbonyl (C=O) groups is 1. The molecule has 0 saturated carbocycles. The van der Waals surface area contributed by atoms with Gasteiger partial charge in [-0.05, 0) is 80.8 Å². The second kappa shape index (κ2) is 12.8. The van der Waals surface area contributed by atoms with E-state index in [1.165, 1.54) is 23.5 Å². The van der Waals surface area contributed by atoms with Gasteiger partial charge in [0.05, 0.1) is 16.9 Å². The van der Waals surface area contributed by atoms with Crippen molar-refractivity contribution in [3.8, 4) is 11.1 Å². The van der Waals surface area contributed by atoms with E-state index in [1.807, 2.05) is 81.0 Å². The van der Waals surface area contributed by atoms with Crippen molar-refractivity contribution in [2.75, 3.05) is 22.7 Å². The highest BCUT2D eigenvalue weighted by Crippen LogP contribution is 2.40. The van der Waals surface area contributed by atoms with Gasteiger partial charge in [0.25, 0.3) is 5.56 Å². The van der Waals surface area contributed by atoms with Gasteiger partial charge in [0.2, 0.25) is 0 Å². The highest BCUT2D eigenvalue weighted by atomic mass is 35.5. The number of thioether (sulfide) groups is 2. The summed E-state index contributed by atoms with van der Waals surface area (Å²) < 4.78 is 1.57. The molecule has 0 fully saturated rings. The summed E-state index contributed by atoms with van der Waals surface area (Å²) in [6.07, 6.45) is 4.65. The number of aryl methyl sites for hydroxylation is 4. The van der Waals surface area contributed by atoms with E-state index in [0.29, 0.717) is 37.6 Å². The third-order valence-electron chi connectivity index (χ3n) is 7.27. The molecule has 2 aromatic carbocycles. The third kappa shape index (κ3) is 5.89. The van der Waals surface area contributed by atoms with E-state index in [0.717, 1.165) is 34.3 Å². The lowest BCUT2D eigenvalue weighted by atomic mass is 9.97. The number of rotatable bonds is 7. The smallest absolute Gasteiger partial charge is 0.310 e. The molecular formula is C33H32ClN5O2S2. The van der Waals surface area contributed by atoms with Crippen molar-refractivity contribution in [2.45, 2.75) is 37.2 Å². The number of nitrogens with one attached hydrogen (secondary N) is 1. The van der Waals surface area contributed by atoms with E-state index < -0.39 is 6.03 Å². The second-order valence-electron chi connectivity index (χ2n) is 10.0. The van der Waals surface area contributed by atoms with Crippen LogP contribution in [0, 0.1) is 13.8 Å². The maximum atomic E-state index is 14.6. The Morgan fingerprint density at radius 1 is 0.930 bits per heavy atom. The van der Waals surface area contributed by atoms with Crippen molar-refractivity contribution in [1.29, 1.82) is 0 Å². The van der Waals surface area contributed by atoms with E-state index in [2.05, 4.69) is 18.3 Å². The number of halogens is 1. The first-order valence-electron chi connectivity index (χ1n) is 13.7. The van der Waals surface area contributed by atoms with Gasteiger partial charge in [-0.15, -0.1) is 23.5 Å². The summed E-state index contributed by atoms with van der Waals surface area (Å²) >= 11 is 9.63. The molecule has 7 nitrogen and oxygen atoms in total. The number of aromatic nitrogens is 3. The van der Waals surface area contributed by atoms with Gasteiger partial charge in [-0.25, -0.2) is 14.8 Å². The summed E-state index contributed by atoms with van der Waals surface area (Å²) in [5.74, 6) is 0. The van der Waals surface area contributed by atoms with E-state index in [4.69, 9.17) is 21.6 Å². The number of amides is 2. The number of pyridine rings is 3. The van der Waals surface area contributed by atoms with Crippen LogP contribution in [-0.4, -0.2) is 33.1 Å². The highest BCUT2D eigenvalue weighted by Gasteiger charge is 2.28. The molecular weight excluding hydrogens is 598 g/mol. The average molecular weight is 630 g/mol. The molecule has 0 aliphatic rings. The normalized spacial score (nSPS) is 11.1. The number of benzene rings is 2. The van der Waals surface area contributed by atoms with E-state index in [1.54, 1.807) is 22.6 Å². The van der Waals surface area contributed by atoms with Crippen molar-refractivity contribution in [3.05, 3.63) is 99.1 Å². The molecule has 5 aromatic rings. The van der Waals surface area contributed by atoms with Gasteiger partial charge in [-0.2, -0.15) is 0 Å². The van der Waals surface area contributed by atoms with Gasteiger partial charge in [-0.3, -0.25) is 9.69 Å². The van der Waals surface area contributed by atoms with Gasteiger partial charge in [-0.1, -0.05) is 42.8 Å². The van der Waals surface area contributed by atoms with E-state index in [-0.39, 0.29) is 11.2 Å². The topological polar surface area (TPSA) is 80.1 Å². The number of nitrogens with zero attached hydrogens (tertiary/aromatic N) is 4. The van der Waals surface area contributed by atoms with Gasteiger partial charge >= 0.3 is 6.03 Å². The van der Waals surface area contributed by atoms with E-state index in [9.17, 15) is 9.59 Å². The molecule has 0 aliphatic heterocycles. The lowest BCUT2D eigenvalue weighted by molar-refractivity contribution is 0.258. The van der Waals surface area contributed by atoms with Crippen LogP contribution >= 0.6 is 35.1 Å². The van der Waals surface area contributed by atoms with Gasteiger partial charge in [0.1, 0.15) is 15.7 Å². The molecule has 3 aromatic heterocycles. The third-order valence-corrected chi connectivity index (χ3v) is 8.98. The lowest BCUT2D eigenvalue weighted by Crippen LogP contribution is -2.35. The zero-order chi connectivity index (χ0) is 30.8. The predicted octanol–water partition coefficient (Wildman–Crippen LogP) is 8.64. The Bertz CT molecular complexity index is 1870. The fourth-order valence-electron chi connectivity index (χ4n) is 5.08. The van der Waals surface area contributed by atoms with Crippen molar-refractivity contribution < 1.29 is 4.79 Å². The minimum Gasteiger partial charge on any atom is -0.310 e. The van der Waals surface area contributed by atoms with Crippen molar-refractivity contribution in [1.82, 2.24) is 14.5 Å². The number of fused-ring (bicyclic) bond motifs is 1. The minimum atomic E-state index is -0.515. The lowest BCUT2D eigenvalue weighted by Gasteiger charge is -2.27. The molecule has 0 spiro atoms. The van der Waals surface area contributed by atoms with Crippen LogP contribution in [0.25, 0.3) is 22.0 Å². The van der Waals surface area contributed by atoms with Gasteiger partial charge < -0.3 is 9.88 Å². The maximum Gasteiger partial charge on any atom is 0.331 e. The molecule has 0 aliphatic carbocycles. The molecule has 0 saturated heterocycles. The van der Waals surface area contributed by atoms with Crippen LogP contribution in [0.3, 0.4) is 0 Å². The predicted molar refractivity (Wildman–Crippen MR) is 182 cm³/mol. The Kier molecular flexibility index (Phi) is 9.15. The molecule has 10 heteroatoms. The van der Waals surface area contributed by atoms with Crippen molar-refractivity contribution in [3.63, 3.8) is 0 Å². The minimum absolute atomic E-state index is 0.142. The molecule has 1 N–H and O–H groups in total. The Labute approximate surface area is 264 Å². The quantitative estimate of drug-likeness (QED) is 0.182. The Balaban J connectivity index is 1.79. The first-order valence-corrected chi connectivity index (χ1v) is 16.6. The number of hydrogen-bond acceptors (Lipinski definition) is 6. The summed E-state index contributed by atoms with van der Waals surface area (Å²) in [4.78, 5) is 39.6. The summed E-state index contributed by atoms with van der Waals surface area (Å²) in [5, 5.41) is 5.67. The van der Waals surface area contributed by atoms with Crippen molar-refractivity contribution >= 4 is 69.1 Å². The van der Waals surface area contributed by atoms with E-state index >= 15 is 0 Å². The van der Waals surface area contributed by atoms with Crippen molar-refractivity contribution in [2.24, 2.45) is 7.05 Å². The molecule has 5 rings (SSSR count). The Hall–Kier alpha value is -3.79. The first kappa shape index (κ1) is 30.7. The zero-order valence-corrected chi connectivity index (χ0v) is 27.2. The molecule has 0 unspecified atom stereocenters.